The number of rotatable bonds is 9. The molecule has 0 unspecified atom stereocenters. The SMILES string of the molecule is Cc1cc(C)c(-c2cc3c4c(c2)N(c2c(-c5ccccc5)cccc2-c2ccccc2)c2ccc(-c5cccc(C(C)(C)C)c5)cc2B4c2cc(-c4cccc(C(C)(C)C)c4)ccc2N3c2c(-c3ccccc3)cccc2-c2ccccc2)c(C)c1. The lowest BCUT2D eigenvalue weighted by atomic mass is 9.33. The summed E-state index contributed by atoms with van der Waals surface area (Å²) in [5, 5.41) is 0. The van der Waals surface area contributed by atoms with Crippen molar-refractivity contribution in [3.05, 3.63) is 295 Å². The Morgan fingerprint density at radius 3 is 0.953 bits per heavy atom. The van der Waals surface area contributed by atoms with Gasteiger partial charge in [0.15, 0.2) is 0 Å². The highest BCUT2D eigenvalue weighted by atomic mass is 15.2. The maximum absolute atomic E-state index is 2.67. The largest absolute Gasteiger partial charge is 0.310 e. The maximum atomic E-state index is 2.67. The first-order valence-electron chi connectivity index (χ1n) is 30.5. The van der Waals surface area contributed by atoms with E-state index >= 15 is 0 Å². The third-order valence-corrected chi connectivity index (χ3v) is 18.0. The van der Waals surface area contributed by atoms with Gasteiger partial charge in [-0.15, -0.1) is 0 Å². The highest BCUT2D eigenvalue weighted by molar-refractivity contribution is 7.00. The van der Waals surface area contributed by atoms with E-state index in [4.69, 9.17) is 0 Å². The van der Waals surface area contributed by atoms with E-state index in [1.54, 1.807) is 0 Å². The standard InChI is InChI=1S/C83H71BN2/c1-54-46-55(2)78(56(3)47-54)65-52-76-79-77(53-65)86(81-70(59-30-18-12-19-31-59)40-25-41-71(81)60-32-20-13-21-33-60)75-45-43-64(62-35-23-37-67(49-62)83(7,8)9)51-73(75)84(79)72-50-63(61-34-22-36-66(48-61)82(4,5)6)42-44-74(72)85(76)80-68(57-26-14-10-15-27-57)38-24-39-69(80)58-28-16-11-17-29-58/h10-53H,1-9H3. The second kappa shape index (κ2) is 21.4. The van der Waals surface area contributed by atoms with Gasteiger partial charge in [0.25, 0.3) is 6.71 Å². The smallest absolute Gasteiger partial charge is 0.252 e. The van der Waals surface area contributed by atoms with Gasteiger partial charge in [-0.1, -0.05) is 290 Å². The summed E-state index contributed by atoms with van der Waals surface area (Å²) in [6.07, 6.45) is 0. The molecule has 12 aromatic rings. The molecule has 0 N–H and O–H groups in total. The number of para-hydroxylation sites is 2. The molecule has 0 spiro atoms. The summed E-state index contributed by atoms with van der Waals surface area (Å²) in [4.78, 5) is 5.35. The Kier molecular flexibility index (Phi) is 13.5. The first-order chi connectivity index (χ1) is 41.7. The van der Waals surface area contributed by atoms with Gasteiger partial charge in [-0.05, 0) is 150 Å². The lowest BCUT2D eigenvalue weighted by Gasteiger charge is -2.46. The lowest BCUT2D eigenvalue weighted by molar-refractivity contribution is 0.590. The van der Waals surface area contributed by atoms with E-state index in [9.17, 15) is 0 Å². The van der Waals surface area contributed by atoms with Crippen LogP contribution >= 0.6 is 0 Å². The van der Waals surface area contributed by atoms with Crippen LogP contribution in [0, 0.1) is 20.8 Å². The fourth-order valence-electron chi connectivity index (χ4n) is 13.9. The zero-order valence-corrected chi connectivity index (χ0v) is 50.9. The van der Waals surface area contributed by atoms with Gasteiger partial charge in [0, 0.05) is 45.0 Å². The summed E-state index contributed by atoms with van der Waals surface area (Å²) < 4.78 is 0. The van der Waals surface area contributed by atoms with Crippen LogP contribution in [0.25, 0.3) is 77.9 Å². The van der Waals surface area contributed by atoms with Crippen molar-refractivity contribution in [1.29, 1.82) is 0 Å². The molecule has 416 valence electrons. The lowest BCUT2D eigenvalue weighted by Crippen LogP contribution is -2.61. The van der Waals surface area contributed by atoms with Crippen LogP contribution < -0.4 is 26.2 Å². The van der Waals surface area contributed by atoms with E-state index in [-0.39, 0.29) is 17.5 Å². The number of hydrogen-bond acceptors (Lipinski definition) is 2. The van der Waals surface area contributed by atoms with E-state index in [1.165, 1.54) is 77.6 Å². The van der Waals surface area contributed by atoms with Crippen molar-refractivity contribution in [2.45, 2.75) is 73.1 Å². The molecule has 0 atom stereocenters. The summed E-state index contributed by atoms with van der Waals surface area (Å²) in [5.41, 5.74) is 33.6. The van der Waals surface area contributed by atoms with Crippen LogP contribution in [0.15, 0.2) is 267 Å². The van der Waals surface area contributed by atoms with Crippen LogP contribution in [0.1, 0.15) is 69.4 Å². The Morgan fingerprint density at radius 2 is 0.605 bits per heavy atom. The van der Waals surface area contributed by atoms with Crippen molar-refractivity contribution < 1.29 is 0 Å². The molecular weight excluding hydrogens is 1040 g/mol. The monoisotopic (exact) mass is 1110 g/mol. The van der Waals surface area contributed by atoms with Crippen LogP contribution in [0.5, 0.6) is 0 Å². The van der Waals surface area contributed by atoms with Gasteiger partial charge in [0.1, 0.15) is 0 Å². The van der Waals surface area contributed by atoms with Gasteiger partial charge in [0.05, 0.1) is 11.4 Å². The zero-order valence-electron chi connectivity index (χ0n) is 50.9. The molecule has 2 heterocycles. The average Bonchev–Trinajstić information content (AvgIpc) is 0.697. The van der Waals surface area contributed by atoms with Crippen LogP contribution in [-0.4, -0.2) is 6.71 Å². The highest BCUT2D eigenvalue weighted by Crippen LogP contribution is 2.54. The molecule has 3 heteroatoms. The number of hydrogen-bond donors (Lipinski definition) is 0. The Labute approximate surface area is 509 Å². The first kappa shape index (κ1) is 54.3. The molecule has 0 amide bonds. The summed E-state index contributed by atoms with van der Waals surface area (Å²) in [7, 11) is 0. The first-order valence-corrected chi connectivity index (χ1v) is 30.5. The van der Waals surface area contributed by atoms with Crippen molar-refractivity contribution in [3.63, 3.8) is 0 Å². The van der Waals surface area contributed by atoms with Crippen molar-refractivity contribution >= 4 is 57.2 Å². The molecule has 2 aliphatic heterocycles. The Balaban J connectivity index is 1.18. The predicted molar refractivity (Wildman–Crippen MR) is 370 cm³/mol. The zero-order chi connectivity index (χ0) is 59.0. The Hall–Kier alpha value is -9.70. The van der Waals surface area contributed by atoms with Crippen LogP contribution in [0.2, 0.25) is 0 Å². The van der Waals surface area contributed by atoms with Crippen molar-refractivity contribution in [1.82, 2.24) is 0 Å². The number of aryl methyl sites for hydroxylation is 3. The minimum Gasteiger partial charge on any atom is -0.310 e. The van der Waals surface area contributed by atoms with Gasteiger partial charge in [-0.2, -0.15) is 0 Å². The molecule has 86 heavy (non-hydrogen) atoms. The predicted octanol–water partition coefficient (Wildman–Crippen LogP) is 21.0. The van der Waals surface area contributed by atoms with Gasteiger partial charge >= 0.3 is 0 Å². The van der Waals surface area contributed by atoms with Crippen LogP contribution in [-0.2, 0) is 10.8 Å². The summed E-state index contributed by atoms with van der Waals surface area (Å²) in [5.74, 6) is 0. The number of fused-ring (bicyclic) bond motifs is 4. The second-order valence-electron chi connectivity index (χ2n) is 25.9. The Bertz CT molecular complexity index is 4170. The van der Waals surface area contributed by atoms with E-state index < -0.39 is 0 Å². The fourth-order valence-corrected chi connectivity index (χ4v) is 13.9. The maximum Gasteiger partial charge on any atom is 0.252 e. The highest BCUT2D eigenvalue weighted by Gasteiger charge is 2.46. The molecule has 0 radical (unpaired) electrons. The van der Waals surface area contributed by atoms with E-state index in [1.807, 2.05) is 0 Å². The minimum atomic E-state index is -0.198. The molecule has 0 aliphatic carbocycles. The van der Waals surface area contributed by atoms with Crippen LogP contribution in [0.3, 0.4) is 0 Å². The van der Waals surface area contributed by atoms with Gasteiger partial charge < -0.3 is 9.80 Å². The van der Waals surface area contributed by atoms with Gasteiger partial charge in [-0.3, -0.25) is 0 Å². The average molecular weight is 1110 g/mol. The normalized spacial score (nSPS) is 12.6. The molecule has 0 saturated carbocycles. The molecular formula is C83H71BN2. The summed E-state index contributed by atoms with van der Waals surface area (Å²) >= 11 is 0. The second-order valence-corrected chi connectivity index (χ2v) is 25.9. The topological polar surface area (TPSA) is 6.48 Å². The number of anilines is 6. The third-order valence-electron chi connectivity index (χ3n) is 18.0. The quantitative estimate of drug-likeness (QED) is 0.133. The van der Waals surface area contributed by atoms with Gasteiger partial charge in [-0.25, -0.2) is 0 Å². The number of benzene rings is 12. The molecule has 2 aliphatic rings. The fraction of sp³-hybridized carbons (Fsp3) is 0.133. The number of nitrogens with zero attached hydrogens (tertiary/aromatic N) is 2. The molecule has 0 bridgehead atoms. The molecule has 0 fully saturated rings. The molecule has 0 saturated heterocycles. The van der Waals surface area contributed by atoms with Crippen molar-refractivity contribution in [3.8, 4) is 77.9 Å². The van der Waals surface area contributed by atoms with Crippen molar-refractivity contribution in [2.24, 2.45) is 0 Å². The van der Waals surface area contributed by atoms with E-state index in [0.29, 0.717) is 0 Å². The van der Waals surface area contributed by atoms with Gasteiger partial charge in [0.2, 0.25) is 0 Å². The third kappa shape index (κ3) is 9.57. The van der Waals surface area contributed by atoms with E-state index in [2.05, 4.69) is 339 Å². The summed E-state index contributed by atoms with van der Waals surface area (Å²) in [6.45, 7) is 20.5. The molecule has 12 aromatic carbocycles. The molecule has 14 rings (SSSR count). The Morgan fingerprint density at radius 1 is 0.279 bits per heavy atom. The summed E-state index contributed by atoms with van der Waals surface area (Å²) in [6, 6.07) is 101. The molecule has 2 nitrogen and oxygen atoms in total. The minimum absolute atomic E-state index is 0.0309. The van der Waals surface area contributed by atoms with E-state index in [0.717, 1.165) is 78.6 Å². The van der Waals surface area contributed by atoms with Crippen molar-refractivity contribution in [2.75, 3.05) is 9.80 Å². The molecule has 0 aromatic heterocycles. The van der Waals surface area contributed by atoms with Crippen LogP contribution in [0.4, 0.5) is 34.1 Å².